The minimum Gasteiger partial charge on any atom is -0.396 e. The van der Waals surface area contributed by atoms with E-state index in [2.05, 4.69) is 10.4 Å². The lowest BCUT2D eigenvalue weighted by atomic mass is 9.75. The number of ether oxygens (including phenoxy) is 2. The normalized spacial score (nSPS) is 20.8. The van der Waals surface area contributed by atoms with Crippen LogP contribution in [0.4, 0.5) is 0 Å². The van der Waals surface area contributed by atoms with Gasteiger partial charge in [0.05, 0.1) is 37.7 Å². The van der Waals surface area contributed by atoms with Gasteiger partial charge in [0.2, 0.25) is 0 Å². The second-order valence-electron chi connectivity index (χ2n) is 8.34. The van der Waals surface area contributed by atoms with Crippen LogP contribution in [0.15, 0.2) is 0 Å². The van der Waals surface area contributed by atoms with Crippen LogP contribution in [0, 0.1) is 5.41 Å². The summed E-state index contributed by atoms with van der Waals surface area (Å²) in [6, 6.07) is 0. The number of fused-ring (bicyclic) bond motifs is 1. The third kappa shape index (κ3) is 3.94. The Labute approximate surface area is 156 Å². The molecule has 0 unspecified atom stereocenters. The number of hydrogen-bond donors (Lipinski definition) is 2. The molecule has 1 amide bonds. The molecule has 1 aromatic rings. The molecule has 2 rings (SSSR count). The number of nitrogens with one attached hydrogen (secondary N) is 1. The van der Waals surface area contributed by atoms with Gasteiger partial charge < -0.3 is 19.9 Å². The van der Waals surface area contributed by atoms with E-state index in [-0.39, 0.29) is 24.7 Å². The summed E-state index contributed by atoms with van der Waals surface area (Å²) in [6.45, 7) is 12.7. The fourth-order valence-electron chi connectivity index (χ4n) is 3.16. The molecule has 26 heavy (non-hydrogen) atoms. The van der Waals surface area contributed by atoms with Crippen molar-refractivity contribution in [3.8, 4) is 0 Å². The van der Waals surface area contributed by atoms with Gasteiger partial charge in [0.15, 0.2) is 5.69 Å². The Bertz CT molecular complexity index is 651. The van der Waals surface area contributed by atoms with Gasteiger partial charge in [-0.15, -0.1) is 0 Å². The number of rotatable bonds is 7. The van der Waals surface area contributed by atoms with Crippen LogP contribution in [0.2, 0.25) is 0 Å². The van der Waals surface area contributed by atoms with E-state index in [1.165, 1.54) is 0 Å². The maximum Gasteiger partial charge on any atom is 0.272 e. The highest BCUT2D eigenvalue weighted by atomic mass is 16.5. The SMILES string of the molecule is COCCn1nc(C(=O)NC(C)(C)C(C)(C)CO)c2c1[C@H](C)O[C@H](C)C2. The molecule has 1 aromatic heterocycles. The van der Waals surface area contributed by atoms with Gasteiger partial charge in [-0.25, -0.2) is 0 Å². The van der Waals surface area contributed by atoms with Crippen LogP contribution < -0.4 is 5.32 Å². The molecular weight excluding hydrogens is 334 g/mol. The minimum atomic E-state index is -0.593. The molecule has 0 aliphatic carbocycles. The molecule has 7 heteroatoms. The Morgan fingerprint density at radius 1 is 1.38 bits per heavy atom. The molecule has 0 saturated carbocycles. The van der Waals surface area contributed by atoms with E-state index in [1.807, 2.05) is 46.2 Å². The van der Waals surface area contributed by atoms with Crippen LogP contribution in [-0.4, -0.2) is 52.8 Å². The smallest absolute Gasteiger partial charge is 0.272 e. The highest BCUT2D eigenvalue weighted by Gasteiger charge is 2.40. The summed E-state index contributed by atoms with van der Waals surface area (Å²) in [5.41, 5.74) is 1.28. The Morgan fingerprint density at radius 2 is 2.04 bits per heavy atom. The zero-order valence-electron chi connectivity index (χ0n) is 17.0. The highest BCUT2D eigenvalue weighted by Crippen LogP contribution is 2.34. The molecular formula is C19H33N3O4. The van der Waals surface area contributed by atoms with Crippen molar-refractivity contribution in [3.63, 3.8) is 0 Å². The standard InChI is InChI=1S/C19H33N3O4/c1-12-10-14-15(17(24)20-19(5,6)18(3,4)11-23)21-22(8-9-25-7)16(14)13(2)26-12/h12-13,23H,8-11H2,1-7H3,(H,20,24)/t12-,13+/m1/s1. The Hall–Kier alpha value is -1.44. The maximum atomic E-state index is 13.1. The maximum absolute atomic E-state index is 13.1. The number of aliphatic hydroxyl groups is 1. The van der Waals surface area contributed by atoms with Crippen LogP contribution >= 0.6 is 0 Å². The first-order chi connectivity index (χ1) is 12.0. The lowest BCUT2D eigenvalue weighted by molar-refractivity contribution is -0.0101. The summed E-state index contributed by atoms with van der Waals surface area (Å²) >= 11 is 0. The van der Waals surface area contributed by atoms with E-state index in [9.17, 15) is 9.90 Å². The Kier molecular flexibility index (Phi) is 6.15. The summed E-state index contributed by atoms with van der Waals surface area (Å²) in [6.07, 6.45) is 0.562. The second-order valence-corrected chi connectivity index (χ2v) is 8.34. The quantitative estimate of drug-likeness (QED) is 0.771. The zero-order chi connectivity index (χ0) is 19.7. The fraction of sp³-hybridized carbons (Fsp3) is 0.789. The van der Waals surface area contributed by atoms with Gasteiger partial charge in [-0.05, 0) is 27.7 Å². The summed E-state index contributed by atoms with van der Waals surface area (Å²) in [4.78, 5) is 13.1. The first-order valence-electron chi connectivity index (χ1n) is 9.21. The van der Waals surface area contributed by atoms with Crippen molar-refractivity contribution in [1.29, 1.82) is 0 Å². The minimum absolute atomic E-state index is 0.0252. The number of amides is 1. The van der Waals surface area contributed by atoms with Gasteiger partial charge in [-0.1, -0.05) is 13.8 Å². The predicted octanol–water partition coefficient (Wildman–Crippen LogP) is 2.08. The average Bonchev–Trinajstić information content (AvgIpc) is 2.91. The number of hydrogen-bond acceptors (Lipinski definition) is 5. The number of nitrogens with zero attached hydrogens (tertiary/aromatic N) is 2. The number of aliphatic hydroxyl groups excluding tert-OH is 1. The third-order valence-electron chi connectivity index (χ3n) is 5.64. The van der Waals surface area contributed by atoms with E-state index in [1.54, 1.807) is 7.11 Å². The number of aromatic nitrogens is 2. The van der Waals surface area contributed by atoms with Gasteiger partial charge in [0.25, 0.3) is 5.91 Å². The van der Waals surface area contributed by atoms with E-state index in [4.69, 9.17) is 9.47 Å². The van der Waals surface area contributed by atoms with Crippen molar-refractivity contribution in [2.75, 3.05) is 20.3 Å². The molecule has 148 valence electrons. The fourth-order valence-corrected chi connectivity index (χ4v) is 3.16. The van der Waals surface area contributed by atoms with Gasteiger partial charge in [-0.3, -0.25) is 9.48 Å². The molecule has 2 N–H and O–H groups in total. The van der Waals surface area contributed by atoms with Crippen molar-refractivity contribution in [3.05, 3.63) is 17.0 Å². The molecule has 0 spiro atoms. The second kappa shape index (κ2) is 7.66. The molecule has 2 heterocycles. The van der Waals surface area contributed by atoms with Gasteiger partial charge in [0.1, 0.15) is 0 Å². The number of methoxy groups -OCH3 is 1. The monoisotopic (exact) mass is 367 g/mol. The lowest BCUT2D eigenvalue weighted by Crippen LogP contribution is -2.55. The number of carbonyl (C=O) groups excluding carboxylic acids is 1. The third-order valence-corrected chi connectivity index (χ3v) is 5.64. The number of carbonyl (C=O) groups is 1. The zero-order valence-corrected chi connectivity index (χ0v) is 17.0. The van der Waals surface area contributed by atoms with Crippen LogP contribution in [0.5, 0.6) is 0 Å². The van der Waals surface area contributed by atoms with Crippen LogP contribution in [0.25, 0.3) is 0 Å². The molecule has 2 atom stereocenters. The van der Waals surface area contributed by atoms with E-state index in [0.717, 1.165) is 11.3 Å². The van der Waals surface area contributed by atoms with Gasteiger partial charge in [-0.2, -0.15) is 5.10 Å². The van der Waals surface area contributed by atoms with E-state index in [0.29, 0.717) is 25.3 Å². The van der Waals surface area contributed by atoms with Crippen molar-refractivity contribution in [2.45, 2.75) is 72.3 Å². The van der Waals surface area contributed by atoms with Crippen molar-refractivity contribution >= 4 is 5.91 Å². The van der Waals surface area contributed by atoms with Crippen LogP contribution in [-0.2, 0) is 22.4 Å². The molecule has 1 aliphatic rings. The lowest BCUT2D eigenvalue weighted by Gasteiger charge is -2.40. The highest BCUT2D eigenvalue weighted by molar-refractivity contribution is 5.94. The van der Waals surface area contributed by atoms with Gasteiger partial charge >= 0.3 is 0 Å². The Balaban J connectivity index is 2.38. The Morgan fingerprint density at radius 3 is 2.62 bits per heavy atom. The molecule has 0 bridgehead atoms. The summed E-state index contributed by atoms with van der Waals surface area (Å²) in [5.74, 6) is -0.217. The van der Waals surface area contributed by atoms with Crippen LogP contribution in [0.3, 0.4) is 0 Å². The first-order valence-corrected chi connectivity index (χ1v) is 9.21. The summed E-state index contributed by atoms with van der Waals surface area (Å²) < 4.78 is 12.9. The molecule has 7 nitrogen and oxygen atoms in total. The largest absolute Gasteiger partial charge is 0.396 e. The van der Waals surface area contributed by atoms with E-state index < -0.39 is 11.0 Å². The van der Waals surface area contributed by atoms with Crippen molar-refractivity contribution in [1.82, 2.24) is 15.1 Å². The van der Waals surface area contributed by atoms with Crippen molar-refractivity contribution < 1.29 is 19.4 Å². The topological polar surface area (TPSA) is 85.6 Å². The summed E-state index contributed by atoms with van der Waals surface area (Å²) in [7, 11) is 1.64. The molecule has 0 aromatic carbocycles. The van der Waals surface area contributed by atoms with E-state index >= 15 is 0 Å². The molecule has 0 saturated heterocycles. The van der Waals surface area contributed by atoms with Crippen molar-refractivity contribution in [2.24, 2.45) is 5.41 Å². The molecule has 1 aliphatic heterocycles. The predicted molar refractivity (Wildman–Crippen MR) is 99.2 cm³/mol. The van der Waals surface area contributed by atoms with Gasteiger partial charge in [0, 0.05) is 30.0 Å². The first kappa shape index (κ1) is 20.9. The molecule has 0 fully saturated rings. The van der Waals surface area contributed by atoms with Crippen LogP contribution in [0.1, 0.15) is 69.4 Å². The molecule has 0 radical (unpaired) electrons. The summed E-state index contributed by atoms with van der Waals surface area (Å²) in [5, 5.41) is 17.3. The average molecular weight is 367 g/mol.